The van der Waals surface area contributed by atoms with Gasteiger partial charge in [-0.2, -0.15) is 0 Å². The number of ether oxygens (including phenoxy) is 1. The van der Waals surface area contributed by atoms with E-state index in [1.54, 1.807) is 30.3 Å². The number of rotatable bonds is 7. The second-order valence-electron chi connectivity index (χ2n) is 7.40. The van der Waals surface area contributed by atoms with Crippen molar-refractivity contribution in [3.63, 3.8) is 0 Å². The highest BCUT2D eigenvalue weighted by atomic mass is 79.9. The van der Waals surface area contributed by atoms with Gasteiger partial charge in [-0.15, -0.1) is 0 Å². The summed E-state index contributed by atoms with van der Waals surface area (Å²) in [6, 6.07) is 18.0. The zero-order valence-corrected chi connectivity index (χ0v) is 21.1. The first-order valence-electron chi connectivity index (χ1n) is 10.3. The lowest BCUT2D eigenvalue weighted by atomic mass is 10.2. The number of carbonyl (C=O) groups excluding carboxylic acids is 3. The van der Waals surface area contributed by atoms with E-state index in [-0.39, 0.29) is 17.2 Å². The molecule has 10 heteroatoms. The molecule has 1 saturated heterocycles. The van der Waals surface area contributed by atoms with Gasteiger partial charge in [0.1, 0.15) is 24.7 Å². The fraction of sp³-hybridized carbons (Fsp3) is 0.0800. The van der Waals surface area contributed by atoms with E-state index in [1.807, 2.05) is 18.2 Å². The normalized spacial score (nSPS) is 14.5. The van der Waals surface area contributed by atoms with E-state index in [0.29, 0.717) is 20.8 Å². The number of anilines is 1. The highest BCUT2D eigenvalue weighted by Crippen LogP contribution is 2.34. The van der Waals surface area contributed by atoms with Crippen LogP contribution < -0.4 is 10.1 Å². The van der Waals surface area contributed by atoms with Crippen molar-refractivity contribution in [1.29, 1.82) is 0 Å². The summed E-state index contributed by atoms with van der Waals surface area (Å²) in [7, 11) is 0. The van der Waals surface area contributed by atoms with E-state index in [4.69, 9.17) is 16.3 Å². The van der Waals surface area contributed by atoms with Crippen molar-refractivity contribution >= 4 is 68.1 Å². The smallest absolute Gasteiger partial charge is 0.294 e. The van der Waals surface area contributed by atoms with E-state index in [9.17, 15) is 18.8 Å². The number of amides is 3. The van der Waals surface area contributed by atoms with Crippen molar-refractivity contribution in [2.24, 2.45) is 0 Å². The van der Waals surface area contributed by atoms with Gasteiger partial charge in [-0.05, 0) is 75.7 Å². The molecule has 0 saturated carbocycles. The van der Waals surface area contributed by atoms with Gasteiger partial charge >= 0.3 is 0 Å². The Morgan fingerprint density at radius 2 is 1.91 bits per heavy atom. The molecule has 3 amide bonds. The number of nitrogens with zero attached hydrogens (tertiary/aromatic N) is 1. The van der Waals surface area contributed by atoms with Crippen molar-refractivity contribution in [3.05, 3.63) is 98.1 Å². The van der Waals surface area contributed by atoms with Crippen molar-refractivity contribution in [1.82, 2.24) is 4.90 Å². The zero-order valence-electron chi connectivity index (χ0n) is 18.0. The Morgan fingerprint density at radius 1 is 1.11 bits per heavy atom. The number of hydrogen-bond acceptors (Lipinski definition) is 5. The second kappa shape index (κ2) is 11.1. The third-order valence-electron chi connectivity index (χ3n) is 4.88. The largest absolute Gasteiger partial charge is 0.488 e. The molecule has 4 rings (SSSR count). The maximum atomic E-state index is 13.3. The minimum Gasteiger partial charge on any atom is -0.488 e. The summed E-state index contributed by atoms with van der Waals surface area (Å²) in [5, 5.41) is 2.52. The number of nitrogens with one attached hydrogen (secondary N) is 1. The molecular formula is C25H17BrClFN2O4S. The van der Waals surface area contributed by atoms with Crippen LogP contribution in [0.1, 0.15) is 11.1 Å². The first kappa shape index (κ1) is 25.0. The molecule has 1 aliphatic rings. The van der Waals surface area contributed by atoms with Gasteiger partial charge in [-0.25, -0.2) is 4.39 Å². The zero-order chi connectivity index (χ0) is 24.9. The monoisotopic (exact) mass is 574 g/mol. The molecule has 0 bridgehead atoms. The number of thioether (sulfide) groups is 1. The average Bonchev–Trinajstić information content (AvgIpc) is 3.07. The standard InChI is InChI=1S/C25H17BrClFN2O4S/c26-19-10-15(8-9-21(19)34-14-16-4-1-2-7-20(16)27)11-22-24(32)30(25(33)35-22)13-23(31)29-18-6-3-5-17(28)12-18/h1-12H,13-14H2,(H,29,31)/b22-11+. The molecule has 0 atom stereocenters. The van der Waals surface area contributed by atoms with Gasteiger partial charge in [0.15, 0.2) is 0 Å². The highest BCUT2D eigenvalue weighted by molar-refractivity contribution is 9.10. The summed E-state index contributed by atoms with van der Waals surface area (Å²) in [5.74, 6) is -1.11. The van der Waals surface area contributed by atoms with Crippen LogP contribution in [-0.4, -0.2) is 28.5 Å². The Bertz CT molecular complexity index is 1350. The summed E-state index contributed by atoms with van der Waals surface area (Å²) in [5.41, 5.74) is 1.75. The van der Waals surface area contributed by atoms with Crippen LogP contribution in [0.2, 0.25) is 5.02 Å². The van der Waals surface area contributed by atoms with Crippen LogP contribution in [0.15, 0.2) is 76.1 Å². The average molecular weight is 576 g/mol. The minimum atomic E-state index is -0.609. The van der Waals surface area contributed by atoms with Gasteiger partial charge in [-0.1, -0.05) is 41.9 Å². The third kappa shape index (κ3) is 6.30. The first-order valence-corrected chi connectivity index (χ1v) is 12.3. The summed E-state index contributed by atoms with van der Waals surface area (Å²) in [6.07, 6.45) is 1.57. The number of carbonyl (C=O) groups is 3. The van der Waals surface area contributed by atoms with E-state index >= 15 is 0 Å². The van der Waals surface area contributed by atoms with Crippen molar-refractivity contribution in [2.45, 2.75) is 6.61 Å². The Labute approximate surface area is 218 Å². The third-order valence-corrected chi connectivity index (χ3v) is 6.77. The summed E-state index contributed by atoms with van der Waals surface area (Å²) in [4.78, 5) is 38.4. The summed E-state index contributed by atoms with van der Waals surface area (Å²) >= 11 is 10.4. The first-order chi connectivity index (χ1) is 16.8. The van der Waals surface area contributed by atoms with Gasteiger partial charge in [0.2, 0.25) is 5.91 Å². The molecule has 1 fully saturated rings. The molecular weight excluding hydrogens is 559 g/mol. The molecule has 3 aromatic carbocycles. The van der Waals surface area contributed by atoms with Crippen LogP contribution in [0, 0.1) is 5.82 Å². The molecule has 1 heterocycles. The maximum Gasteiger partial charge on any atom is 0.294 e. The van der Waals surface area contributed by atoms with Crippen LogP contribution in [0.25, 0.3) is 6.08 Å². The topological polar surface area (TPSA) is 75.7 Å². The van der Waals surface area contributed by atoms with E-state index in [1.165, 1.54) is 18.2 Å². The highest BCUT2D eigenvalue weighted by Gasteiger charge is 2.36. The molecule has 0 unspecified atom stereocenters. The Kier molecular flexibility index (Phi) is 7.90. The van der Waals surface area contributed by atoms with E-state index in [2.05, 4.69) is 21.2 Å². The molecule has 6 nitrogen and oxygen atoms in total. The number of hydrogen-bond donors (Lipinski definition) is 1. The lowest BCUT2D eigenvalue weighted by molar-refractivity contribution is -0.127. The molecule has 0 radical (unpaired) electrons. The van der Waals surface area contributed by atoms with Crippen molar-refractivity contribution < 1.29 is 23.5 Å². The number of imide groups is 1. The lowest BCUT2D eigenvalue weighted by Crippen LogP contribution is -2.36. The van der Waals surface area contributed by atoms with E-state index in [0.717, 1.165) is 28.3 Å². The van der Waals surface area contributed by atoms with Gasteiger partial charge in [0.05, 0.1) is 9.38 Å². The van der Waals surface area contributed by atoms with Crippen molar-refractivity contribution in [2.75, 3.05) is 11.9 Å². The molecule has 35 heavy (non-hydrogen) atoms. The minimum absolute atomic E-state index is 0.185. The van der Waals surface area contributed by atoms with Crippen molar-refractivity contribution in [3.8, 4) is 5.75 Å². The molecule has 1 aliphatic heterocycles. The lowest BCUT2D eigenvalue weighted by Gasteiger charge is -2.12. The number of benzene rings is 3. The molecule has 0 spiro atoms. The SMILES string of the molecule is O=C(CN1C(=O)S/C(=C/c2ccc(OCc3ccccc3Cl)c(Br)c2)C1=O)Nc1cccc(F)c1. The fourth-order valence-corrected chi connectivity index (χ4v) is 4.73. The van der Waals surface area contributed by atoms with Gasteiger partial charge < -0.3 is 10.1 Å². The van der Waals surface area contributed by atoms with Crippen LogP contribution >= 0.6 is 39.3 Å². The molecule has 178 valence electrons. The Morgan fingerprint density at radius 3 is 2.66 bits per heavy atom. The molecule has 1 N–H and O–H groups in total. The fourth-order valence-electron chi connectivity index (χ4n) is 3.19. The number of halogens is 3. The van der Waals surface area contributed by atoms with E-state index < -0.39 is 29.4 Å². The second-order valence-corrected chi connectivity index (χ2v) is 9.65. The summed E-state index contributed by atoms with van der Waals surface area (Å²) in [6.45, 7) is -0.189. The summed E-state index contributed by atoms with van der Waals surface area (Å²) < 4.78 is 19.8. The molecule has 0 aliphatic carbocycles. The van der Waals surface area contributed by atoms with Crippen LogP contribution in [-0.2, 0) is 16.2 Å². The maximum absolute atomic E-state index is 13.3. The van der Waals surface area contributed by atoms with Crippen LogP contribution in [0.3, 0.4) is 0 Å². The predicted molar refractivity (Wildman–Crippen MR) is 138 cm³/mol. The Hall–Kier alpha value is -3.14. The van der Waals surface area contributed by atoms with Gasteiger partial charge in [0.25, 0.3) is 11.1 Å². The van der Waals surface area contributed by atoms with Crippen LogP contribution in [0.4, 0.5) is 14.9 Å². The van der Waals surface area contributed by atoms with Crippen LogP contribution in [0.5, 0.6) is 5.75 Å². The Balaban J connectivity index is 1.40. The molecule has 3 aromatic rings. The van der Waals surface area contributed by atoms with Gasteiger partial charge in [-0.3, -0.25) is 19.3 Å². The quantitative estimate of drug-likeness (QED) is 0.326. The van der Waals surface area contributed by atoms with Gasteiger partial charge in [0, 0.05) is 16.3 Å². The predicted octanol–water partition coefficient (Wildman–Crippen LogP) is 6.50. The molecule has 0 aromatic heterocycles.